The smallest absolute Gasteiger partial charge is 0.416 e. The van der Waals surface area contributed by atoms with Gasteiger partial charge in [-0.05, 0) is 42.9 Å². The van der Waals surface area contributed by atoms with E-state index in [9.17, 15) is 22.8 Å². The summed E-state index contributed by atoms with van der Waals surface area (Å²) < 4.78 is 50.8. The van der Waals surface area contributed by atoms with Crippen molar-refractivity contribution in [2.24, 2.45) is 0 Å². The maximum Gasteiger partial charge on any atom is 0.416 e. The number of likely N-dealkylation sites (N-methyl/N-ethyl adjacent to an activating group) is 1. The van der Waals surface area contributed by atoms with E-state index in [1.165, 1.54) is 30.5 Å². The first-order chi connectivity index (χ1) is 18.7. The molecule has 4 rings (SSSR count). The van der Waals surface area contributed by atoms with Crippen LogP contribution in [0.4, 0.5) is 13.2 Å². The molecule has 39 heavy (non-hydrogen) atoms. The van der Waals surface area contributed by atoms with Crippen LogP contribution in [-0.2, 0) is 22.3 Å². The van der Waals surface area contributed by atoms with Crippen LogP contribution in [0.25, 0.3) is 0 Å². The first kappa shape index (κ1) is 28.1. The minimum absolute atomic E-state index is 0.0332. The van der Waals surface area contributed by atoms with Gasteiger partial charge in [0, 0.05) is 32.4 Å². The summed E-state index contributed by atoms with van der Waals surface area (Å²) in [5, 5.41) is 2.72. The van der Waals surface area contributed by atoms with Crippen LogP contribution in [0, 0.1) is 0 Å². The molecule has 1 unspecified atom stereocenters. The second-order valence-corrected chi connectivity index (χ2v) is 9.14. The zero-order valence-corrected chi connectivity index (χ0v) is 21.4. The van der Waals surface area contributed by atoms with Crippen molar-refractivity contribution >= 4 is 11.8 Å². The third kappa shape index (κ3) is 7.78. The number of piperazine rings is 1. The molecule has 0 spiro atoms. The van der Waals surface area contributed by atoms with E-state index in [0.717, 1.165) is 17.7 Å². The molecule has 1 aliphatic heterocycles. The average molecular weight is 543 g/mol. The largest absolute Gasteiger partial charge is 0.438 e. The molecule has 1 atom stereocenters. The minimum Gasteiger partial charge on any atom is -0.438 e. The van der Waals surface area contributed by atoms with E-state index in [2.05, 4.69) is 15.2 Å². The van der Waals surface area contributed by atoms with Crippen LogP contribution >= 0.6 is 0 Å². The molecule has 1 aliphatic rings. The Morgan fingerprint density at radius 1 is 1.00 bits per heavy atom. The fourth-order valence-corrected chi connectivity index (χ4v) is 4.02. The Bertz CT molecular complexity index is 1260. The molecule has 206 valence electrons. The average Bonchev–Trinajstić information content (AvgIpc) is 2.93. The molecule has 0 radical (unpaired) electrons. The number of nitrogens with zero attached hydrogens (tertiary/aromatic N) is 3. The predicted molar refractivity (Wildman–Crippen MR) is 137 cm³/mol. The standard InChI is InChI=1S/C28H29F3N4O4/c1-34-13-15-35(16-14-34)27(37)24(19-38-18-20-7-3-2-4-8-20)33-25(36)23-11-6-12-32-26(23)39-22-10-5-9-21(17-22)28(29,30)31/h2-12,17,24H,13-16,18-19H2,1H3,(H,33,36). The molecular weight excluding hydrogens is 513 g/mol. The predicted octanol–water partition coefficient (Wildman–Crippen LogP) is 3.98. The van der Waals surface area contributed by atoms with Crippen molar-refractivity contribution in [2.75, 3.05) is 39.8 Å². The summed E-state index contributed by atoms with van der Waals surface area (Å²) in [5.41, 5.74) is -0.0110. The molecular formula is C28H29F3N4O4. The van der Waals surface area contributed by atoms with Crippen molar-refractivity contribution in [3.63, 3.8) is 0 Å². The van der Waals surface area contributed by atoms with Crippen LogP contribution in [0.15, 0.2) is 72.9 Å². The minimum atomic E-state index is -4.56. The third-order valence-corrected chi connectivity index (χ3v) is 6.21. The Labute approximate surface area is 224 Å². The van der Waals surface area contributed by atoms with Crippen LogP contribution in [0.1, 0.15) is 21.5 Å². The molecule has 0 bridgehead atoms. The van der Waals surface area contributed by atoms with Crippen molar-refractivity contribution in [3.8, 4) is 11.6 Å². The molecule has 2 amide bonds. The van der Waals surface area contributed by atoms with E-state index in [-0.39, 0.29) is 36.3 Å². The number of amides is 2. The van der Waals surface area contributed by atoms with Gasteiger partial charge in [-0.3, -0.25) is 9.59 Å². The first-order valence-corrected chi connectivity index (χ1v) is 12.4. The van der Waals surface area contributed by atoms with E-state index in [1.54, 1.807) is 4.90 Å². The van der Waals surface area contributed by atoms with Crippen molar-refractivity contribution in [1.29, 1.82) is 0 Å². The number of pyridine rings is 1. The van der Waals surface area contributed by atoms with Gasteiger partial charge < -0.3 is 24.6 Å². The van der Waals surface area contributed by atoms with Crippen LogP contribution < -0.4 is 10.1 Å². The molecule has 8 nitrogen and oxygen atoms in total. The molecule has 0 aliphatic carbocycles. The molecule has 11 heteroatoms. The van der Waals surface area contributed by atoms with E-state index in [1.807, 2.05) is 37.4 Å². The van der Waals surface area contributed by atoms with Crippen LogP contribution in [0.5, 0.6) is 11.6 Å². The van der Waals surface area contributed by atoms with Gasteiger partial charge in [0.2, 0.25) is 11.8 Å². The molecule has 2 heterocycles. The van der Waals surface area contributed by atoms with E-state index < -0.39 is 23.7 Å². The van der Waals surface area contributed by atoms with Crippen molar-refractivity contribution in [2.45, 2.75) is 18.8 Å². The number of carbonyl (C=O) groups is 2. The maximum absolute atomic E-state index is 13.4. The topological polar surface area (TPSA) is 84.0 Å². The summed E-state index contributed by atoms with van der Waals surface area (Å²) in [4.78, 5) is 34.5. The number of aromatic nitrogens is 1. The maximum atomic E-state index is 13.4. The summed E-state index contributed by atoms with van der Waals surface area (Å²) in [5.74, 6) is -1.27. The van der Waals surface area contributed by atoms with Gasteiger partial charge in [0.1, 0.15) is 17.4 Å². The van der Waals surface area contributed by atoms with Crippen molar-refractivity contribution in [1.82, 2.24) is 20.1 Å². The highest BCUT2D eigenvalue weighted by Gasteiger charge is 2.32. The Hall–Kier alpha value is -3.96. The van der Waals surface area contributed by atoms with Crippen LogP contribution in [0.2, 0.25) is 0 Å². The number of hydrogen-bond acceptors (Lipinski definition) is 6. The van der Waals surface area contributed by atoms with Gasteiger partial charge in [-0.1, -0.05) is 36.4 Å². The van der Waals surface area contributed by atoms with Gasteiger partial charge in [-0.15, -0.1) is 0 Å². The van der Waals surface area contributed by atoms with Crippen molar-refractivity contribution in [3.05, 3.63) is 89.6 Å². The van der Waals surface area contributed by atoms with E-state index in [4.69, 9.17) is 9.47 Å². The lowest BCUT2D eigenvalue weighted by Crippen LogP contribution is -2.55. The molecule has 0 saturated carbocycles. The summed E-state index contributed by atoms with van der Waals surface area (Å²) >= 11 is 0. The fraction of sp³-hybridized carbons (Fsp3) is 0.321. The fourth-order valence-electron chi connectivity index (χ4n) is 4.02. The monoisotopic (exact) mass is 542 g/mol. The summed E-state index contributed by atoms with van der Waals surface area (Å²) in [6, 6.07) is 15.6. The van der Waals surface area contributed by atoms with Gasteiger partial charge in [0.05, 0.1) is 18.8 Å². The number of hydrogen-bond donors (Lipinski definition) is 1. The first-order valence-electron chi connectivity index (χ1n) is 12.4. The second kappa shape index (κ2) is 12.7. The van der Waals surface area contributed by atoms with Crippen LogP contribution in [-0.4, -0.2) is 72.5 Å². The SMILES string of the molecule is CN1CCN(C(=O)C(COCc2ccccc2)NC(=O)c2cccnc2Oc2cccc(C(F)(F)F)c2)CC1. The molecule has 1 fully saturated rings. The zero-order valence-electron chi connectivity index (χ0n) is 21.4. The molecule has 1 saturated heterocycles. The lowest BCUT2D eigenvalue weighted by Gasteiger charge is -2.34. The number of rotatable bonds is 9. The Kier molecular flexibility index (Phi) is 9.15. The Morgan fingerprint density at radius 2 is 1.74 bits per heavy atom. The summed E-state index contributed by atoms with van der Waals surface area (Å²) in [6.45, 7) is 2.61. The Morgan fingerprint density at radius 3 is 2.46 bits per heavy atom. The van der Waals surface area contributed by atoms with Gasteiger partial charge in [0.25, 0.3) is 5.91 Å². The molecule has 1 aromatic heterocycles. The number of benzene rings is 2. The lowest BCUT2D eigenvalue weighted by molar-refractivity contribution is -0.138. The highest BCUT2D eigenvalue weighted by molar-refractivity contribution is 5.99. The zero-order chi connectivity index (χ0) is 27.8. The van der Waals surface area contributed by atoms with E-state index in [0.29, 0.717) is 26.2 Å². The number of ether oxygens (including phenoxy) is 2. The van der Waals surface area contributed by atoms with Gasteiger partial charge in [0.15, 0.2) is 0 Å². The molecule has 1 N–H and O–H groups in total. The number of alkyl halides is 3. The van der Waals surface area contributed by atoms with Gasteiger partial charge in [-0.25, -0.2) is 4.98 Å². The molecule has 2 aromatic carbocycles. The normalized spacial score (nSPS) is 15.0. The van der Waals surface area contributed by atoms with E-state index >= 15 is 0 Å². The number of halogens is 3. The Balaban J connectivity index is 1.50. The van der Waals surface area contributed by atoms with Gasteiger partial charge >= 0.3 is 6.18 Å². The quantitative estimate of drug-likeness (QED) is 0.441. The number of carbonyl (C=O) groups excluding carboxylic acids is 2. The highest BCUT2D eigenvalue weighted by Crippen LogP contribution is 2.33. The summed E-state index contributed by atoms with van der Waals surface area (Å²) in [7, 11) is 1.97. The summed E-state index contributed by atoms with van der Waals surface area (Å²) in [6.07, 6.45) is -3.20. The number of nitrogens with one attached hydrogen (secondary N) is 1. The lowest BCUT2D eigenvalue weighted by atomic mass is 10.2. The second-order valence-electron chi connectivity index (χ2n) is 9.14. The van der Waals surface area contributed by atoms with Gasteiger partial charge in [-0.2, -0.15) is 13.2 Å². The highest BCUT2D eigenvalue weighted by atomic mass is 19.4. The molecule has 3 aromatic rings. The van der Waals surface area contributed by atoms with Crippen molar-refractivity contribution < 1.29 is 32.2 Å². The third-order valence-electron chi connectivity index (χ3n) is 6.21. The van der Waals surface area contributed by atoms with Crippen LogP contribution in [0.3, 0.4) is 0 Å².